The first-order valence-electron chi connectivity index (χ1n) is 11.8. The number of carboxylic acid groups (broad SMARTS) is 1. The summed E-state index contributed by atoms with van der Waals surface area (Å²) in [6.07, 6.45) is -3.24. The van der Waals surface area contributed by atoms with Crippen LogP contribution in [0.15, 0.2) is 41.3 Å². The Morgan fingerprint density at radius 1 is 1.15 bits per heavy atom. The van der Waals surface area contributed by atoms with Crippen LogP contribution in [0.25, 0.3) is 0 Å². The van der Waals surface area contributed by atoms with E-state index in [1.165, 1.54) is 0 Å². The lowest BCUT2D eigenvalue weighted by Crippen LogP contribution is -2.44. The molecule has 1 amide bonds. The minimum absolute atomic E-state index is 0.164. The number of hydrogen-bond donors (Lipinski definition) is 3. The number of hydrogen-bond acceptors (Lipinski definition) is 6. The molecule has 0 unspecified atom stereocenters. The zero-order valence-electron chi connectivity index (χ0n) is 21.2. The number of halogens is 5. The second kappa shape index (κ2) is 13.8. The van der Waals surface area contributed by atoms with E-state index in [2.05, 4.69) is 21.9 Å². The standard InChI is InChI=1S/C22H28ClFN4O3S.C2HF3O2/c1-3-4-11-27(2)22(29)18-14-16(5-8-21(18)28-12-9-25-10-13-28)26-32(30,31)17-6-7-20(24)19(23)15-17;3-2(4,5)1(6)7/h5-8,14-15,25-26H,3-4,9-13H2,1-2H3;(H,6,7). The summed E-state index contributed by atoms with van der Waals surface area (Å²) < 4.78 is 73.3. The van der Waals surface area contributed by atoms with Crippen molar-refractivity contribution in [2.45, 2.75) is 30.8 Å². The van der Waals surface area contributed by atoms with E-state index >= 15 is 0 Å². The molecule has 2 aromatic carbocycles. The van der Waals surface area contributed by atoms with Crippen LogP contribution in [0.3, 0.4) is 0 Å². The summed E-state index contributed by atoms with van der Waals surface area (Å²) in [5.74, 6) is -3.63. The van der Waals surface area contributed by atoms with Gasteiger partial charge in [-0.3, -0.25) is 9.52 Å². The number of amides is 1. The zero-order valence-corrected chi connectivity index (χ0v) is 22.8. The fourth-order valence-corrected chi connectivity index (χ4v) is 4.83. The van der Waals surface area contributed by atoms with E-state index in [1.807, 2.05) is 0 Å². The summed E-state index contributed by atoms with van der Waals surface area (Å²) in [6, 6.07) is 8.15. The molecule has 1 aliphatic heterocycles. The van der Waals surface area contributed by atoms with Gasteiger partial charge < -0.3 is 20.2 Å². The Labute approximate surface area is 228 Å². The molecule has 216 valence electrons. The molecule has 0 aromatic heterocycles. The molecular formula is C24H29ClF4N4O5S. The number of benzene rings is 2. The molecule has 3 rings (SSSR count). The summed E-state index contributed by atoms with van der Waals surface area (Å²) in [4.78, 5) is 25.7. The van der Waals surface area contributed by atoms with Crippen molar-refractivity contribution in [1.29, 1.82) is 0 Å². The third kappa shape index (κ3) is 9.25. The fourth-order valence-electron chi connectivity index (χ4n) is 3.51. The average Bonchev–Trinajstić information content (AvgIpc) is 2.88. The summed E-state index contributed by atoms with van der Waals surface area (Å²) in [5.41, 5.74) is 1.45. The molecule has 1 heterocycles. The predicted octanol–water partition coefficient (Wildman–Crippen LogP) is 4.19. The molecule has 0 saturated carbocycles. The number of carbonyl (C=O) groups is 2. The first-order valence-corrected chi connectivity index (χ1v) is 13.7. The fraction of sp³-hybridized carbons (Fsp3) is 0.417. The van der Waals surface area contributed by atoms with Crippen LogP contribution in [0.1, 0.15) is 30.1 Å². The number of anilines is 2. The normalized spacial score (nSPS) is 13.8. The summed E-state index contributed by atoms with van der Waals surface area (Å²) in [7, 11) is -2.27. The van der Waals surface area contributed by atoms with Crippen LogP contribution >= 0.6 is 11.6 Å². The van der Waals surface area contributed by atoms with E-state index in [9.17, 15) is 30.8 Å². The third-order valence-electron chi connectivity index (χ3n) is 5.57. The maximum atomic E-state index is 13.4. The van der Waals surface area contributed by atoms with E-state index in [0.29, 0.717) is 12.1 Å². The van der Waals surface area contributed by atoms with Crippen LogP contribution < -0.4 is 14.9 Å². The predicted molar refractivity (Wildman–Crippen MR) is 139 cm³/mol. The molecule has 1 aliphatic rings. The second-order valence-electron chi connectivity index (χ2n) is 8.53. The molecule has 2 aromatic rings. The lowest BCUT2D eigenvalue weighted by Gasteiger charge is -2.32. The number of aliphatic carboxylic acids is 1. The number of carboxylic acids is 1. The highest BCUT2D eigenvalue weighted by atomic mass is 35.5. The number of rotatable bonds is 8. The van der Waals surface area contributed by atoms with Gasteiger partial charge in [-0.1, -0.05) is 24.9 Å². The van der Waals surface area contributed by atoms with Gasteiger partial charge in [-0.15, -0.1) is 0 Å². The Morgan fingerprint density at radius 3 is 2.31 bits per heavy atom. The number of alkyl halides is 3. The molecule has 1 saturated heterocycles. The van der Waals surface area contributed by atoms with Crippen molar-refractivity contribution in [2.24, 2.45) is 0 Å². The van der Waals surface area contributed by atoms with Crippen LogP contribution in [-0.2, 0) is 14.8 Å². The zero-order chi connectivity index (χ0) is 29.4. The van der Waals surface area contributed by atoms with Crippen molar-refractivity contribution in [3.8, 4) is 0 Å². The Balaban J connectivity index is 0.000000673. The molecule has 0 bridgehead atoms. The van der Waals surface area contributed by atoms with E-state index in [-0.39, 0.29) is 21.5 Å². The highest BCUT2D eigenvalue weighted by Gasteiger charge is 2.38. The van der Waals surface area contributed by atoms with Crippen LogP contribution in [-0.4, -0.2) is 76.2 Å². The van der Waals surface area contributed by atoms with Gasteiger partial charge in [-0.2, -0.15) is 13.2 Å². The smallest absolute Gasteiger partial charge is 0.475 e. The lowest BCUT2D eigenvalue weighted by molar-refractivity contribution is -0.192. The van der Waals surface area contributed by atoms with E-state index < -0.39 is 28.0 Å². The van der Waals surface area contributed by atoms with Gasteiger partial charge in [0.05, 0.1) is 15.5 Å². The van der Waals surface area contributed by atoms with Gasteiger partial charge in [0.1, 0.15) is 5.82 Å². The van der Waals surface area contributed by atoms with Gasteiger partial charge in [0.25, 0.3) is 15.9 Å². The highest BCUT2D eigenvalue weighted by Crippen LogP contribution is 2.28. The molecule has 1 fully saturated rings. The average molecular weight is 597 g/mol. The van der Waals surface area contributed by atoms with Gasteiger partial charge in [0, 0.05) is 51.1 Å². The topological polar surface area (TPSA) is 119 Å². The van der Waals surface area contributed by atoms with Crippen molar-refractivity contribution < 1.29 is 40.7 Å². The number of nitrogens with one attached hydrogen (secondary N) is 2. The Kier molecular flexibility index (Phi) is 11.4. The van der Waals surface area contributed by atoms with Crippen LogP contribution in [0.4, 0.5) is 28.9 Å². The molecule has 39 heavy (non-hydrogen) atoms. The maximum absolute atomic E-state index is 13.4. The molecule has 0 aliphatic carbocycles. The second-order valence-corrected chi connectivity index (χ2v) is 10.6. The Morgan fingerprint density at radius 2 is 1.77 bits per heavy atom. The first-order chi connectivity index (χ1) is 18.2. The van der Waals surface area contributed by atoms with Gasteiger partial charge in [0.15, 0.2) is 0 Å². The number of carbonyl (C=O) groups excluding carboxylic acids is 1. The van der Waals surface area contributed by atoms with Gasteiger partial charge in [-0.25, -0.2) is 17.6 Å². The van der Waals surface area contributed by atoms with E-state index in [0.717, 1.165) is 62.9 Å². The van der Waals surface area contributed by atoms with Crippen molar-refractivity contribution in [1.82, 2.24) is 10.2 Å². The number of nitrogens with zero attached hydrogens (tertiary/aromatic N) is 2. The van der Waals surface area contributed by atoms with Crippen molar-refractivity contribution in [2.75, 3.05) is 49.4 Å². The molecule has 0 radical (unpaired) electrons. The third-order valence-corrected chi connectivity index (χ3v) is 7.24. The summed E-state index contributed by atoms with van der Waals surface area (Å²) in [5, 5.41) is 10.1. The summed E-state index contributed by atoms with van der Waals surface area (Å²) in [6.45, 7) is 5.77. The monoisotopic (exact) mass is 596 g/mol. The summed E-state index contributed by atoms with van der Waals surface area (Å²) >= 11 is 5.74. The van der Waals surface area contributed by atoms with Crippen molar-refractivity contribution in [3.63, 3.8) is 0 Å². The van der Waals surface area contributed by atoms with E-state index in [4.69, 9.17) is 21.5 Å². The van der Waals surface area contributed by atoms with Gasteiger partial charge >= 0.3 is 12.1 Å². The quantitative estimate of drug-likeness (QED) is 0.391. The van der Waals surface area contributed by atoms with Crippen molar-refractivity contribution >= 4 is 44.9 Å². The van der Waals surface area contributed by atoms with Gasteiger partial charge in [-0.05, 0) is 42.8 Å². The lowest BCUT2D eigenvalue weighted by atomic mass is 10.1. The maximum Gasteiger partial charge on any atom is 0.490 e. The SMILES string of the molecule is CCCCN(C)C(=O)c1cc(NS(=O)(=O)c2ccc(F)c(Cl)c2)ccc1N1CCNCC1.O=C(O)C(F)(F)F. The highest BCUT2D eigenvalue weighted by molar-refractivity contribution is 7.92. The Bertz CT molecular complexity index is 1270. The minimum Gasteiger partial charge on any atom is -0.475 e. The van der Waals surface area contributed by atoms with E-state index in [1.54, 1.807) is 30.1 Å². The molecule has 0 atom stereocenters. The largest absolute Gasteiger partial charge is 0.490 e. The first kappa shape index (κ1) is 32.1. The van der Waals surface area contributed by atoms with Crippen LogP contribution in [0, 0.1) is 5.82 Å². The molecule has 9 nitrogen and oxygen atoms in total. The molecule has 3 N–H and O–H groups in total. The molecular weight excluding hydrogens is 568 g/mol. The minimum atomic E-state index is -5.08. The Hall–Kier alpha value is -3.10. The van der Waals surface area contributed by atoms with Crippen LogP contribution in [0.5, 0.6) is 0 Å². The number of sulfonamides is 1. The number of unbranched alkanes of at least 4 members (excludes halogenated alkanes) is 1. The van der Waals surface area contributed by atoms with Gasteiger partial charge in [0.2, 0.25) is 0 Å². The van der Waals surface area contributed by atoms with Crippen molar-refractivity contribution in [3.05, 3.63) is 52.8 Å². The number of piperazine rings is 1. The molecule has 15 heteroatoms. The molecule has 0 spiro atoms. The van der Waals surface area contributed by atoms with Crippen LogP contribution in [0.2, 0.25) is 5.02 Å².